The molecule has 5 heteroatoms. The standard InChI is InChI=1S/C19H14ClN3O/c20-15-6-8-18-22-17(10-19(24)23(18)12-15)11-21-16-7-5-13-3-1-2-4-14(13)9-16/h1-10,12,21H,11H2. The van der Waals surface area contributed by atoms with Crippen LogP contribution in [0.5, 0.6) is 0 Å². The average Bonchev–Trinajstić information content (AvgIpc) is 2.60. The molecule has 2 aromatic heterocycles. The summed E-state index contributed by atoms with van der Waals surface area (Å²) in [5.74, 6) is 0. The second kappa shape index (κ2) is 5.98. The number of nitrogens with zero attached hydrogens (tertiary/aromatic N) is 2. The maximum Gasteiger partial charge on any atom is 0.258 e. The van der Waals surface area contributed by atoms with Crippen LogP contribution in [-0.2, 0) is 6.54 Å². The zero-order valence-electron chi connectivity index (χ0n) is 12.7. The summed E-state index contributed by atoms with van der Waals surface area (Å²) in [5.41, 5.74) is 2.13. The summed E-state index contributed by atoms with van der Waals surface area (Å²) in [4.78, 5) is 16.7. The molecule has 0 aliphatic rings. The van der Waals surface area contributed by atoms with Crippen molar-refractivity contribution in [3.8, 4) is 0 Å². The van der Waals surface area contributed by atoms with Gasteiger partial charge in [0, 0.05) is 18.0 Å². The van der Waals surface area contributed by atoms with Gasteiger partial charge in [0.2, 0.25) is 0 Å². The van der Waals surface area contributed by atoms with Crippen molar-refractivity contribution >= 4 is 33.7 Å². The number of halogens is 1. The highest BCUT2D eigenvalue weighted by molar-refractivity contribution is 6.30. The minimum atomic E-state index is -0.141. The number of fused-ring (bicyclic) bond motifs is 2. The van der Waals surface area contributed by atoms with E-state index < -0.39 is 0 Å². The topological polar surface area (TPSA) is 46.4 Å². The largest absolute Gasteiger partial charge is 0.379 e. The highest BCUT2D eigenvalue weighted by atomic mass is 35.5. The van der Waals surface area contributed by atoms with E-state index >= 15 is 0 Å². The van der Waals surface area contributed by atoms with Crippen LogP contribution in [0.2, 0.25) is 5.02 Å². The van der Waals surface area contributed by atoms with Crippen LogP contribution in [-0.4, -0.2) is 9.38 Å². The number of hydrogen-bond acceptors (Lipinski definition) is 3. The molecule has 4 nitrogen and oxygen atoms in total. The van der Waals surface area contributed by atoms with Crippen LogP contribution in [0.1, 0.15) is 5.69 Å². The van der Waals surface area contributed by atoms with Crippen LogP contribution in [0.25, 0.3) is 16.4 Å². The first kappa shape index (κ1) is 14.7. The molecule has 2 aromatic carbocycles. The third-order valence-corrected chi connectivity index (χ3v) is 4.12. The summed E-state index contributed by atoms with van der Waals surface area (Å²) in [6.07, 6.45) is 1.58. The van der Waals surface area contributed by atoms with E-state index in [4.69, 9.17) is 11.6 Å². The summed E-state index contributed by atoms with van der Waals surface area (Å²) in [7, 11) is 0. The van der Waals surface area contributed by atoms with Gasteiger partial charge in [0.15, 0.2) is 0 Å². The van der Waals surface area contributed by atoms with E-state index in [1.54, 1.807) is 18.3 Å². The Hall–Kier alpha value is -2.85. The maximum absolute atomic E-state index is 12.2. The lowest BCUT2D eigenvalue weighted by atomic mass is 10.1. The van der Waals surface area contributed by atoms with Crippen molar-refractivity contribution in [2.75, 3.05) is 5.32 Å². The minimum absolute atomic E-state index is 0.141. The normalized spacial score (nSPS) is 11.0. The Bertz CT molecular complexity index is 1100. The molecule has 118 valence electrons. The van der Waals surface area contributed by atoms with Crippen LogP contribution in [0.4, 0.5) is 5.69 Å². The predicted octanol–water partition coefficient (Wildman–Crippen LogP) is 4.11. The molecule has 0 unspecified atom stereocenters. The van der Waals surface area contributed by atoms with Gasteiger partial charge >= 0.3 is 0 Å². The fourth-order valence-corrected chi connectivity index (χ4v) is 2.87. The van der Waals surface area contributed by atoms with Crippen molar-refractivity contribution in [2.24, 2.45) is 0 Å². The van der Waals surface area contributed by atoms with Gasteiger partial charge in [-0.1, -0.05) is 41.9 Å². The van der Waals surface area contributed by atoms with Gasteiger partial charge in [0.1, 0.15) is 5.65 Å². The van der Waals surface area contributed by atoms with Crippen LogP contribution >= 0.6 is 11.6 Å². The van der Waals surface area contributed by atoms with Crippen molar-refractivity contribution in [1.82, 2.24) is 9.38 Å². The molecule has 1 N–H and O–H groups in total. The predicted molar refractivity (Wildman–Crippen MR) is 97.7 cm³/mol. The van der Waals surface area contributed by atoms with E-state index in [0.717, 1.165) is 5.69 Å². The first-order valence-electron chi connectivity index (χ1n) is 7.59. The Balaban J connectivity index is 1.61. The van der Waals surface area contributed by atoms with Crippen LogP contribution < -0.4 is 10.9 Å². The summed E-state index contributed by atoms with van der Waals surface area (Å²) < 4.78 is 1.45. The summed E-state index contributed by atoms with van der Waals surface area (Å²) in [5, 5.41) is 6.19. The van der Waals surface area contributed by atoms with Crippen molar-refractivity contribution in [1.29, 1.82) is 0 Å². The fraction of sp³-hybridized carbons (Fsp3) is 0.0526. The summed E-state index contributed by atoms with van der Waals surface area (Å²) in [6, 6.07) is 19.4. The molecule has 0 aliphatic carbocycles. The molecule has 0 amide bonds. The number of anilines is 1. The molecular formula is C19H14ClN3O. The van der Waals surface area contributed by atoms with Crippen molar-refractivity contribution in [3.63, 3.8) is 0 Å². The number of nitrogens with one attached hydrogen (secondary N) is 1. The van der Waals surface area contributed by atoms with Crippen molar-refractivity contribution in [2.45, 2.75) is 6.54 Å². The van der Waals surface area contributed by atoms with E-state index in [1.807, 2.05) is 18.2 Å². The second-order valence-electron chi connectivity index (χ2n) is 5.58. The Morgan fingerprint density at radius 1 is 1.00 bits per heavy atom. The molecular weight excluding hydrogens is 322 g/mol. The fourth-order valence-electron chi connectivity index (χ4n) is 2.71. The van der Waals surface area contributed by atoms with E-state index in [9.17, 15) is 4.79 Å². The van der Waals surface area contributed by atoms with Crippen LogP contribution in [0.15, 0.2) is 71.7 Å². The second-order valence-corrected chi connectivity index (χ2v) is 6.01. The third kappa shape index (κ3) is 2.84. The molecule has 4 rings (SSSR count). The number of benzene rings is 2. The Kier molecular flexibility index (Phi) is 3.67. The molecule has 24 heavy (non-hydrogen) atoms. The van der Waals surface area contributed by atoms with E-state index in [1.165, 1.54) is 21.2 Å². The number of aromatic nitrogens is 2. The zero-order valence-corrected chi connectivity index (χ0v) is 13.5. The summed E-state index contributed by atoms with van der Waals surface area (Å²) >= 11 is 5.92. The van der Waals surface area contributed by atoms with Gasteiger partial charge in [0.25, 0.3) is 5.56 Å². The summed E-state index contributed by atoms with van der Waals surface area (Å²) in [6.45, 7) is 0.479. The van der Waals surface area contributed by atoms with E-state index in [0.29, 0.717) is 22.9 Å². The molecule has 0 fully saturated rings. The quantitative estimate of drug-likeness (QED) is 0.612. The molecule has 0 bridgehead atoms. The molecule has 0 aliphatic heterocycles. The third-order valence-electron chi connectivity index (χ3n) is 3.90. The smallest absolute Gasteiger partial charge is 0.258 e. The molecule has 4 aromatic rings. The van der Waals surface area contributed by atoms with Crippen LogP contribution in [0.3, 0.4) is 0 Å². The molecule has 0 saturated heterocycles. The lowest BCUT2D eigenvalue weighted by Crippen LogP contribution is -2.16. The Labute approximate surface area is 143 Å². The zero-order chi connectivity index (χ0) is 16.5. The first-order chi connectivity index (χ1) is 11.7. The van der Waals surface area contributed by atoms with Gasteiger partial charge in [-0.05, 0) is 35.0 Å². The van der Waals surface area contributed by atoms with Crippen molar-refractivity contribution in [3.05, 3.63) is 87.9 Å². The number of hydrogen-bond donors (Lipinski definition) is 1. The van der Waals surface area contributed by atoms with Gasteiger partial charge in [-0.3, -0.25) is 9.20 Å². The van der Waals surface area contributed by atoms with Gasteiger partial charge in [-0.15, -0.1) is 0 Å². The van der Waals surface area contributed by atoms with Gasteiger partial charge in [0.05, 0.1) is 17.3 Å². The number of pyridine rings is 1. The lowest BCUT2D eigenvalue weighted by Gasteiger charge is -2.08. The average molecular weight is 336 g/mol. The molecule has 2 heterocycles. The van der Waals surface area contributed by atoms with E-state index in [-0.39, 0.29) is 5.56 Å². The SMILES string of the molecule is O=c1cc(CNc2ccc3ccccc3c2)nc2ccc(Cl)cn12. The highest BCUT2D eigenvalue weighted by Crippen LogP contribution is 2.19. The number of rotatable bonds is 3. The van der Waals surface area contributed by atoms with Gasteiger partial charge in [-0.2, -0.15) is 0 Å². The van der Waals surface area contributed by atoms with Gasteiger partial charge in [-0.25, -0.2) is 4.98 Å². The van der Waals surface area contributed by atoms with Crippen molar-refractivity contribution < 1.29 is 0 Å². The molecule has 0 atom stereocenters. The first-order valence-corrected chi connectivity index (χ1v) is 7.97. The van der Waals surface area contributed by atoms with E-state index in [2.05, 4.69) is 34.6 Å². The van der Waals surface area contributed by atoms with Crippen LogP contribution in [0, 0.1) is 0 Å². The Morgan fingerprint density at radius 2 is 1.83 bits per heavy atom. The monoisotopic (exact) mass is 335 g/mol. The van der Waals surface area contributed by atoms with Gasteiger partial charge < -0.3 is 5.32 Å². The molecule has 0 saturated carbocycles. The lowest BCUT2D eigenvalue weighted by molar-refractivity contribution is 0.972. The highest BCUT2D eigenvalue weighted by Gasteiger charge is 2.03. The minimum Gasteiger partial charge on any atom is -0.379 e. The maximum atomic E-state index is 12.2. The Morgan fingerprint density at radius 3 is 2.71 bits per heavy atom. The molecule has 0 radical (unpaired) electrons. The molecule has 0 spiro atoms.